The zero-order valence-corrected chi connectivity index (χ0v) is 8.15. The van der Waals surface area contributed by atoms with Gasteiger partial charge in [-0.05, 0) is 0 Å². The van der Waals surface area contributed by atoms with Crippen molar-refractivity contribution in [2.45, 2.75) is 0 Å². The van der Waals surface area contributed by atoms with E-state index in [-0.39, 0.29) is 10.2 Å². The van der Waals surface area contributed by atoms with Crippen LogP contribution in [0, 0.1) is 0 Å². The second-order valence-corrected chi connectivity index (χ2v) is 3.15. The summed E-state index contributed by atoms with van der Waals surface area (Å²) >= 11 is 16.3. The number of carboxylic acids is 1. The van der Waals surface area contributed by atoms with Gasteiger partial charge in [0, 0.05) is 0 Å². The number of pyridine rings is 1. The summed E-state index contributed by atoms with van der Waals surface area (Å²) in [6, 6.07) is 0. The highest BCUT2D eigenvalue weighted by Gasteiger charge is 2.19. The van der Waals surface area contributed by atoms with E-state index in [1.54, 1.807) is 0 Å². The average Bonchev–Trinajstić information content (AvgIpc) is 2.07. The van der Waals surface area contributed by atoms with Crippen molar-refractivity contribution in [1.82, 2.24) is 4.98 Å². The Balaban J connectivity index is 3.50. The van der Waals surface area contributed by atoms with Crippen molar-refractivity contribution in [2.75, 3.05) is 0 Å². The van der Waals surface area contributed by atoms with E-state index in [0.717, 1.165) is 0 Å². The molecule has 1 aromatic rings. The van der Waals surface area contributed by atoms with Crippen LogP contribution in [0.15, 0.2) is 0 Å². The molecule has 0 unspecified atom stereocenters. The van der Waals surface area contributed by atoms with E-state index >= 15 is 0 Å². The molecule has 0 fully saturated rings. The molecule has 70 valence electrons. The van der Waals surface area contributed by atoms with Gasteiger partial charge >= 0.3 is 5.97 Å². The van der Waals surface area contributed by atoms with Gasteiger partial charge in [-0.15, -0.1) is 0 Å². The lowest BCUT2D eigenvalue weighted by Crippen LogP contribution is -2.02. The van der Waals surface area contributed by atoms with Gasteiger partial charge < -0.3 is 10.2 Å². The predicted molar refractivity (Wildman–Crippen MR) is 47.9 cm³/mol. The number of aromatic nitrogens is 1. The van der Waals surface area contributed by atoms with E-state index in [4.69, 9.17) is 45.0 Å². The molecule has 0 saturated carbocycles. The van der Waals surface area contributed by atoms with Gasteiger partial charge in [0.2, 0.25) is 0 Å². The molecule has 7 heteroatoms. The Morgan fingerprint density at radius 3 is 2.23 bits per heavy atom. The van der Waals surface area contributed by atoms with Crippen LogP contribution in [0.4, 0.5) is 0 Å². The van der Waals surface area contributed by atoms with Gasteiger partial charge in [-0.25, -0.2) is 9.78 Å². The van der Waals surface area contributed by atoms with Crippen molar-refractivity contribution in [1.29, 1.82) is 0 Å². The topological polar surface area (TPSA) is 70.4 Å². The Hall–Kier alpha value is -0.710. The minimum Gasteiger partial charge on any atom is -0.505 e. The zero-order chi connectivity index (χ0) is 10.2. The molecule has 13 heavy (non-hydrogen) atoms. The zero-order valence-electron chi connectivity index (χ0n) is 5.88. The van der Waals surface area contributed by atoms with Crippen molar-refractivity contribution in [3.05, 3.63) is 20.9 Å². The summed E-state index contributed by atoms with van der Waals surface area (Å²) in [7, 11) is 0. The Bertz CT molecular complexity index is 380. The molecule has 1 heterocycles. The van der Waals surface area contributed by atoms with Crippen LogP contribution in [0.1, 0.15) is 10.5 Å². The molecule has 4 nitrogen and oxygen atoms in total. The van der Waals surface area contributed by atoms with Crippen LogP contribution in [0.5, 0.6) is 5.75 Å². The fourth-order valence-corrected chi connectivity index (χ4v) is 1.22. The second-order valence-electron chi connectivity index (χ2n) is 2.03. The van der Waals surface area contributed by atoms with Crippen LogP contribution in [-0.2, 0) is 0 Å². The van der Waals surface area contributed by atoms with Crippen molar-refractivity contribution >= 4 is 40.8 Å². The molecule has 1 rings (SSSR count). The maximum atomic E-state index is 10.5. The van der Waals surface area contributed by atoms with Crippen LogP contribution in [-0.4, -0.2) is 21.2 Å². The van der Waals surface area contributed by atoms with E-state index in [1.165, 1.54) is 0 Å². The molecule has 2 N–H and O–H groups in total. The minimum atomic E-state index is -1.39. The van der Waals surface area contributed by atoms with Gasteiger partial charge in [0.05, 0.1) is 0 Å². The number of aromatic carboxylic acids is 1. The van der Waals surface area contributed by atoms with Crippen molar-refractivity contribution in [3.8, 4) is 5.75 Å². The Morgan fingerprint density at radius 2 is 1.77 bits per heavy atom. The summed E-state index contributed by atoms with van der Waals surface area (Å²) in [6.07, 6.45) is 0. The number of halogens is 3. The molecular formula is C6H2Cl3NO3. The van der Waals surface area contributed by atoms with Gasteiger partial charge in [0.1, 0.15) is 10.0 Å². The Labute approximate surface area is 87.7 Å². The first-order chi connectivity index (χ1) is 5.95. The third kappa shape index (κ3) is 1.80. The number of hydrogen-bond donors (Lipinski definition) is 2. The van der Waals surface area contributed by atoms with Gasteiger partial charge in [-0.3, -0.25) is 0 Å². The quantitative estimate of drug-likeness (QED) is 0.742. The number of hydrogen-bond acceptors (Lipinski definition) is 3. The van der Waals surface area contributed by atoms with Crippen LogP contribution < -0.4 is 0 Å². The van der Waals surface area contributed by atoms with E-state index in [1.807, 2.05) is 0 Å². The highest BCUT2D eigenvalue weighted by Crippen LogP contribution is 2.37. The Kier molecular flexibility index (Phi) is 2.85. The molecule has 0 amide bonds. The van der Waals surface area contributed by atoms with Crippen LogP contribution >= 0.6 is 34.8 Å². The molecule has 1 aromatic heterocycles. The van der Waals surface area contributed by atoms with E-state index in [9.17, 15) is 4.79 Å². The van der Waals surface area contributed by atoms with Crippen LogP contribution in [0.25, 0.3) is 0 Å². The Morgan fingerprint density at radius 1 is 1.23 bits per heavy atom. The molecular weight excluding hydrogens is 240 g/mol. The largest absolute Gasteiger partial charge is 0.505 e. The average molecular weight is 242 g/mol. The lowest BCUT2D eigenvalue weighted by Gasteiger charge is -2.03. The van der Waals surface area contributed by atoms with Crippen LogP contribution in [0.2, 0.25) is 15.2 Å². The van der Waals surface area contributed by atoms with Crippen molar-refractivity contribution < 1.29 is 15.0 Å². The van der Waals surface area contributed by atoms with E-state index in [0.29, 0.717) is 0 Å². The molecule has 0 saturated heterocycles. The fraction of sp³-hybridized carbons (Fsp3) is 0. The summed E-state index contributed by atoms with van der Waals surface area (Å²) in [5, 5.41) is 16.7. The van der Waals surface area contributed by atoms with Gasteiger partial charge in [0.15, 0.2) is 16.6 Å². The summed E-state index contributed by atoms with van der Waals surface area (Å²) in [4.78, 5) is 13.9. The van der Waals surface area contributed by atoms with Crippen molar-refractivity contribution in [2.24, 2.45) is 0 Å². The summed E-state index contributed by atoms with van der Waals surface area (Å²) in [5.41, 5.74) is -0.534. The number of carbonyl (C=O) groups is 1. The third-order valence-electron chi connectivity index (χ3n) is 1.22. The first kappa shape index (κ1) is 10.4. The maximum Gasteiger partial charge on any atom is 0.356 e. The predicted octanol–water partition coefficient (Wildman–Crippen LogP) is 2.45. The fourth-order valence-electron chi connectivity index (χ4n) is 0.644. The molecule has 0 aliphatic carbocycles. The summed E-state index contributed by atoms with van der Waals surface area (Å²) in [6.45, 7) is 0. The summed E-state index contributed by atoms with van der Waals surface area (Å²) < 4.78 is 0. The number of nitrogens with zero attached hydrogens (tertiary/aromatic N) is 1. The monoisotopic (exact) mass is 241 g/mol. The maximum absolute atomic E-state index is 10.5. The lowest BCUT2D eigenvalue weighted by molar-refractivity contribution is 0.0690. The SMILES string of the molecule is O=C(O)c1nc(Cl)c(Cl)c(O)c1Cl. The van der Waals surface area contributed by atoms with Crippen LogP contribution in [0.3, 0.4) is 0 Å². The third-order valence-corrected chi connectivity index (χ3v) is 2.30. The normalized spacial score (nSPS) is 10.1. The lowest BCUT2D eigenvalue weighted by atomic mass is 10.3. The molecule has 0 aliphatic heterocycles. The molecule has 0 bridgehead atoms. The molecule has 0 aliphatic rings. The van der Waals surface area contributed by atoms with Gasteiger partial charge in [-0.2, -0.15) is 0 Å². The first-order valence-electron chi connectivity index (χ1n) is 2.92. The summed E-state index contributed by atoms with van der Waals surface area (Å²) in [5.74, 6) is -1.97. The number of aromatic hydroxyl groups is 1. The minimum absolute atomic E-state index is 0.267. The standard InChI is InChI=1S/C6H2Cl3NO3/c7-1-3(6(12)13)10-5(9)2(8)4(1)11/h(H,10,11)(H,12,13). The highest BCUT2D eigenvalue weighted by atomic mass is 35.5. The van der Waals surface area contributed by atoms with Gasteiger partial charge in [0.25, 0.3) is 0 Å². The van der Waals surface area contributed by atoms with Crippen molar-refractivity contribution in [3.63, 3.8) is 0 Å². The number of rotatable bonds is 1. The van der Waals surface area contributed by atoms with E-state index < -0.39 is 22.4 Å². The number of carboxylic acid groups (broad SMARTS) is 1. The molecule has 0 spiro atoms. The molecule has 0 atom stereocenters. The molecule has 0 radical (unpaired) electrons. The highest BCUT2D eigenvalue weighted by molar-refractivity contribution is 6.44. The second kappa shape index (κ2) is 3.57. The first-order valence-corrected chi connectivity index (χ1v) is 4.05. The molecule has 0 aromatic carbocycles. The van der Waals surface area contributed by atoms with E-state index in [2.05, 4.69) is 4.98 Å². The van der Waals surface area contributed by atoms with Gasteiger partial charge in [-0.1, -0.05) is 34.8 Å². The smallest absolute Gasteiger partial charge is 0.356 e.